The molecule has 5 nitrogen and oxygen atoms in total. The fourth-order valence-corrected chi connectivity index (χ4v) is 3.77. The van der Waals surface area contributed by atoms with Crippen LogP contribution in [0.2, 0.25) is 0 Å². The molecule has 1 spiro atoms. The molecule has 0 aromatic heterocycles. The second-order valence-electron chi connectivity index (χ2n) is 7.24. The molecule has 2 aromatic carbocycles. The summed E-state index contributed by atoms with van der Waals surface area (Å²) in [5, 5.41) is 5.71. The molecule has 146 valence electrons. The van der Waals surface area contributed by atoms with E-state index in [0.29, 0.717) is 37.2 Å². The lowest BCUT2D eigenvalue weighted by Gasteiger charge is -2.45. The van der Waals surface area contributed by atoms with E-state index in [1.807, 2.05) is 0 Å². The van der Waals surface area contributed by atoms with E-state index in [4.69, 9.17) is 2.74 Å². The highest BCUT2D eigenvalue weighted by atomic mass is 19.1. The van der Waals surface area contributed by atoms with Gasteiger partial charge in [0.05, 0.1) is 2.74 Å². The fraction of sp³-hybridized carbons (Fsp3) is 0.333. The Bertz CT molecular complexity index is 990. The number of amides is 2. The number of nitrogens with zero attached hydrogens (tertiary/aromatic N) is 1. The highest BCUT2D eigenvalue weighted by Gasteiger charge is 2.41. The van der Waals surface area contributed by atoms with Crippen molar-refractivity contribution in [3.63, 3.8) is 0 Å². The van der Waals surface area contributed by atoms with Crippen molar-refractivity contribution in [1.82, 2.24) is 10.2 Å². The summed E-state index contributed by atoms with van der Waals surface area (Å²) in [6, 6.07) is 8.38. The SMILES string of the molecule is [2H]C([2H])(NC(=O)N1CCC2(CC1)CC(=O)c1cc(F)ccc1N2)c1ccc(F)cc1. The normalized spacial score (nSPS) is 19.4. The number of urea groups is 1. The van der Waals surface area contributed by atoms with Crippen LogP contribution in [0.4, 0.5) is 19.3 Å². The van der Waals surface area contributed by atoms with E-state index in [1.54, 1.807) is 6.07 Å². The molecule has 0 atom stereocenters. The number of benzene rings is 2. The third-order valence-corrected chi connectivity index (χ3v) is 5.35. The van der Waals surface area contributed by atoms with Crippen LogP contribution in [0.15, 0.2) is 42.5 Å². The molecule has 7 heteroatoms. The molecular weight excluding hydrogens is 364 g/mol. The summed E-state index contributed by atoms with van der Waals surface area (Å²) in [6.07, 6.45) is 1.22. The monoisotopic (exact) mass is 387 g/mol. The average Bonchev–Trinajstić information content (AvgIpc) is 2.69. The lowest BCUT2D eigenvalue weighted by Crippen LogP contribution is -2.55. The van der Waals surface area contributed by atoms with Crippen molar-refractivity contribution in [2.45, 2.75) is 31.3 Å². The van der Waals surface area contributed by atoms with Crippen molar-refractivity contribution in [3.05, 3.63) is 65.2 Å². The van der Waals surface area contributed by atoms with Crippen LogP contribution in [-0.4, -0.2) is 35.3 Å². The third kappa shape index (κ3) is 3.69. The second-order valence-corrected chi connectivity index (χ2v) is 7.24. The smallest absolute Gasteiger partial charge is 0.317 e. The van der Waals surface area contributed by atoms with Gasteiger partial charge in [-0.3, -0.25) is 4.79 Å². The highest BCUT2D eigenvalue weighted by Crippen LogP contribution is 2.37. The Labute approximate surface area is 164 Å². The minimum Gasteiger partial charge on any atom is -0.378 e. The summed E-state index contributed by atoms with van der Waals surface area (Å²) in [6.45, 7) is -1.48. The second kappa shape index (κ2) is 7.22. The van der Waals surface area contributed by atoms with Crippen molar-refractivity contribution >= 4 is 17.5 Å². The Kier molecular flexibility index (Phi) is 4.14. The number of fused-ring (bicyclic) bond motifs is 1. The number of carbonyl (C=O) groups excluding carboxylic acids is 2. The van der Waals surface area contributed by atoms with Crippen LogP contribution in [-0.2, 0) is 6.50 Å². The molecule has 0 saturated carbocycles. The van der Waals surface area contributed by atoms with Gasteiger partial charge in [-0.25, -0.2) is 13.6 Å². The zero-order valence-corrected chi connectivity index (χ0v) is 15.1. The predicted octanol–water partition coefficient (Wildman–Crippen LogP) is 3.71. The third-order valence-electron chi connectivity index (χ3n) is 5.35. The Hall–Kier alpha value is -2.96. The summed E-state index contributed by atoms with van der Waals surface area (Å²) in [4.78, 5) is 26.6. The maximum atomic E-state index is 13.4. The summed E-state index contributed by atoms with van der Waals surface area (Å²) >= 11 is 0. The van der Waals surface area contributed by atoms with Crippen molar-refractivity contribution < 1.29 is 21.1 Å². The Morgan fingerprint density at radius 2 is 1.82 bits per heavy atom. The van der Waals surface area contributed by atoms with Crippen molar-refractivity contribution in [2.75, 3.05) is 18.4 Å². The van der Waals surface area contributed by atoms with Crippen LogP contribution >= 0.6 is 0 Å². The Morgan fingerprint density at radius 3 is 2.54 bits per heavy atom. The number of carbonyl (C=O) groups is 2. The predicted molar refractivity (Wildman–Crippen MR) is 101 cm³/mol. The van der Waals surface area contributed by atoms with Gasteiger partial charge in [-0.1, -0.05) is 12.1 Å². The van der Waals surface area contributed by atoms with Crippen LogP contribution in [0.3, 0.4) is 0 Å². The summed E-state index contributed by atoms with van der Waals surface area (Å²) in [5.74, 6) is -1.07. The topological polar surface area (TPSA) is 61.4 Å². The lowest BCUT2D eigenvalue weighted by molar-refractivity contribution is 0.0915. The molecule has 2 aliphatic heterocycles. The molecule has 4 rings (SSSR count). The van der Waals surface area contributed by atoms with E-state index in [0.717, 1.165) is 12.1 Å². The lowest BCUT2D eigenvalue weighted by atomic mass is 9.78. The van der Waals surface area contributed by atoms with Gasteiger partial charge in [0, 0.05) is 42.8 Å². The van der Waals surface area contributed by atoms with Crippen LogP contribution in [0, 0.1) is 11.6 Å². The van der Waals surface area contributed by atoms with Gasteiger partial charge in [-0.15, -0.1) is 0 Å². The summed E-state index contributed by atoms with van der Waals surface area (Å²) in [5.41, 5.74) is 0.579. The van der Waals surface area contributed by atoms with E-state index in [9.17, 15) is 18.4 Å². The maximum absolute atomic E-state index is 13.4. The molecule has 2 amide bonds. The molecule has 0 aliphatic carbocycles. The van der Waals surface area contributed by atoms with E-state index in [1.165, 1.54) is 29.2 Å². The standard InChI is InChI=1S/C21H21F2N3O2/c22-15-3-1-14(2-4-15)13-24-20(28)26-9-7-21(8-10-26)12-19(27)17-11-16(23)5-6-18(17)25-21/h1-6,11,25H,7-10,12-13H2,(H,24,28)/i13D2. The maximum Gasteiger partial charge on any atom is 0.317 e. The van der Waals surface area contributed by atoms with E-state index in [2.05, 4.69) is 10.6 Å². The first-order chi connectivity index (χ1) is 14.2. The van der Waals surface area contributed by atoms with Crippen molar-refractivity contribution in [2.24, 2.45) is 0 Å². The minimum absolute atomic E-state index is 0.131. The Morgan fingerprint density at radius 1 is 1.14 bits per heavy atom. The van der Waals surface area contributed by atoms with Crippen LogP contribution in [0.5, 0.6) is 0 Å². The minimum atomic E-state index is -2.15. The zero-order valence-electron chi connectivity index (χ0n) is 17.1. The molecule has 0 bridgehead atoms. The first kappa shape index (κ1) is 16.0. The quantitative estimate of drug-likeness (QED) is 0.826. The van der Waals surface area contributed by atoms with Gasteiger partial charge in [0.25, 0.3) is 0 Å². The molecule has 2 heterocycles. The van der Waals surface area contributed by atoms with Gasteiger partial charge in [-0.05, 0) is 48.7 Å². The average molecular weight is 387 g/mol. The van der Waals surface area contributed by atoms with Gasteiger partial charge < -0.3 is 15.5 Å². The van der Waals surface area contributed by atoms with Crippen molar-refractivity contribution in [1.29, 1.82) is 0 Å². The first-order valence-electron chi connectivity index (χ1n) is 10.1. The number of likely N-dealkylation sites (tertiary alicyclic amines) is 1. The molecular formula is C21H21F2N3O2. The number of nitrogens with one attached hydrogen (secondary N) is 2. The summed E-state index contributed by atoms with van der Waals surface area (Å²) < 4.78 is 42.7. The largest absolute Gasteiger partial charge is 0.378 e. The molecule has 0 radical (unpaired) electrons. The van der Waals surface area contributed by atoms with Crippen LogP contribution < -0.4 is 10.6 Å². The van der Waals surface area contributed by atoms with E-state index in [-0.39, 0.29) is 17.8 Å². The number of halogens is 2. The number of hydrogen-bond acceptors (Lipinski definition) is 3. The molecule has 2 aromatic rings. The van der Waals surface area contributed by atoms with Gasteiger partial charge >= 0.3 is 6.03 Å². The number of piperidine rings is 1. The van der Waals surface area contributed by atoms with Gasteiger partial charge in [0.1, 0.15) is 11.6 Å². The number of hydrogen-bond donors (Lipinski definition) is 2. The number of anilines is 1. The highest BCUT2D eigenvalue weighted by molar-refractivity contribution is 6.04. The van der Waals surface area contributed by atoms with Crippen LogP contribution in [0.1, 0.15) is 37.9 Å². The Balaban J connectivity index is 1.41. The van der Waals surface area contributed by atoms with Gasteiger partial charge in [-0.2, -0.15) is 0 Å². The van der Waals surface area contributed by atoms with E-state index < -0.39 is 29.7 Å². The zero-order chi connectivity index (χ0) is 21.5. The fourth-order valence-electron chi connectivity index (χ4n) is 3.77. The molecule has 1 fully saturated rings. The number of Topliss-reactive ketones (excluding diaryl/α,β-unsaturated/α-hetero) is 1. The molecule has 0 unspecified atom stereocenters. The molecule has 1 saturated heterocycles. The summed E-state index contributed by atoms with van der Waals surface area (Å²) in [7, 11) is 0. The van der Waals surface area contributed by atoms with E-state index >= 15 is 0 Å². The number of ketones is 1. The first-order valence-corrected chi connectivity index (χ1v) is 9.12. The number of rotatable bonds is 2. The molecule has 28 heavy (non-hydrogen) atoms. The molecule has 2 N–H and O–H groups in total. The van der Waals surface area contributed by atoms with Crippen LogP contribution in [0.25, 0.3) is 0 Å². The van der Waals surface area contributed by atoms with Gasteiger partial charge in [0.2, 0.25) is 0 Å². The van der Waals surface area contributed by atoms with Crippen molar-refractivity contribution in [3.8, 4) is 0 Å². The molecule has 2 aliphatic rings. The van der Waals surface area contributed by atoms with Gasteiger partial charge in [0.15, 0.2) is 5.78 Å².